The van der Waals surface area contributed by atoms with E-state index in [1.54, 1.807) is 0 Å². The van der Waals surface area contributed by atoms with Gasteiger partial charge in [0.2, 0.25) is 0 Å². The largest absolute Gasteiger partial charge is 0.392 e. The number of β-amino-alcohol motifs (C(OH)–C–C–N with tert-alkyl or cyclic N) is 2. The van der Waals surface area contributed by atoms with Crippen LogP contribution in [0.4, 0.5) is 0 Å². The van der Waals surface area contributed by atoms with Gasteiger partial charge in [-0.25, -0.2) is 0 Å². The van der Waals surface area contributed by atoms with Crippen molar-refractivity contribution in [3.63, 3.8) is 0 Å². The molecule has 1 heterocycles. The van der Waals surface area contributed by atoms with Crippen LogP contribution in [0, 0.1) is 0 Å². The second-order valence-electron chi connectivity index (χ2n) is 7.29. The van der Waals surface area contributed by atoms with Gasteiger partial charge in [0.25, 0.3) is 0 Å². The zero-order valence-corrected chi connectivity index (χ0v) is 15.3. The molecule has 1 aromatic rings. The number of aliphatic hydroxyl groups excluding tert-OH is 2. The average molecular weight is 335 g/mol. The lowest BCUT2D eigenvalue weighted by Crippen LogP contribution is -2.55. The van der Waals surface area contributed by atoms with Gasteiger partial charge in [0.05, 0.1) is 12.2 Å². The molecule has 0 saturated carbocycles. The summed E-state index contributed by atoms with van der Waals surface area (Å²) in [5.74, 6) is 0. The van der Waals surface area contributed by atoms with Gasteiger partial charge in [0.15, 0.2) is 0 Å². The second kappa shape index (κ2) is 9.49. The Balaban J connectivity index is 1.71. The van der Waals surface area contributed by atoms with Crippen molar-refractivity contribution in [3.8, 4) is 0 Å². The molecule has 2 rings (SSSR count). The normalized spacial score (nSPS) is 22.7. The zero-order valence-electron chi connectivity index (χ0n) is 15.3. The molecule has 5 heteroatoms. The molecule has 0 aliphatic carbocycles. The minimum Gasteiger partial charge on any atom is -0.392 e. The number of hydrogen-bond donors (Lipinski definition) is 2. The van der Waals surface area contributed by atoms with Crippen molar-refractivity contribution in [3.05, 3.63) is 35.9 Å². The molecule has 1 saturated heterocycles. The van der Waals surface area contributed by atoms with Crippen molar-refractivity contribution in [2.24, 2.45) is 0 Å². The monoisotopic (exact) mass is 335 g/mol. The van der Waals surface area contributed by atoms with Gasteiger partial charge < -0.3 is 10.2 Å². The third-order valence-corrected chi connectivity index (χ3v) is 4.63. The molecule has 0 unspecified atom stereocenters. The van der Waals surface area contributed by atoms with E-state index in [4.69, 9.17) is 0 Å². The minimum atomic E-state index is -0.339. The molecule has 5 nitrogen and oxygen atoms in total. The Hall–Kier alpha value is -0.980. The Morgan fingerprint density at radius 3 is 2.50 bits per heavy atom. The first-order valence-electron chi connectivity index (χ1n) is 8.99. The van der Waals surface area contributed by atoms with Crippen molar-refractivity contribution in [1.29, 1.82) is 0 Å². The third kappa shape index (κ3) is 6.49. The lowest BCUT2D eigenvalue weighted by Gasteiger charge is -2.41. The van der Waals surface area contributed by atoms with Crippen LogP contribution in [0.1, 0.15) is 19.4 Å². The molecule has 1 aliphatic rings. The van der Waals surface area contributed by atoms with E-state index in [2.05, 4.69) is 40.8 Å². The van der Waals surface area contributed by atoms with Crippen molar-refractivity contribution >= 4 is 0 Å². The molecule has 0 spiro atoms. The molecule has 136 valence electrons. The Kier molecular flexibility index (Phi) is 7.65. The van der Waals surface area contributed by atoms with E-state index in [-0.39, 0.29) is 12.2 Å². The first-order chi connectivity index (χ1) is 11.4. The molecule has 0 aromatic heterocycles. The molecule has 24 heavy (non-hydrogen) atoms. The van der Waals surface area contributed by atoms with Gasteiger partial charge in [-0.05, 0) is 26.5 Å². The van der Waals surface area contributed by atoms with Crippen LogP contribution in [-0.2, 0) is 6.54 Å². The maximum absolute atomic E-state index is 10.4. The van der Waals surface area contributed by atoms with E-state index < -0.39 is 0 Å². The zero-order chi connectivity index (χ0) is 17.5. The number of benzene rings is 1. The summed E-state index contributed by atoms with van der Waals surface area (Å²) in [4.78, 5) is 6.84. The van der Waals surface area contributed by atoms with Crippen LogP contribution in [0.5, 0.6) is 0 Å². The highest BCUT2D eigenvalue weighted by atomic mass is 16.3. The van der Waals surface area contributed by atoms with Gasteiger partial charge in [-0.3, -0.25) is 14.7 Å². The standard InChI is InChI=1S/C19H33N3O2/c1-16-11-21(9-10-22(16)12-17(2)23)15-19(24)14-20(3)13-18-7-5-4-6-8-18/h4-8,16-17,19,23-24H,9-15H2,1-3H3/t16-,17-,19+/m0/s1. The summed E-state index contributed by atoms with van der Waals surface area (Å²) in [6.45, 7) is 9.88. The number of likely N-dealkylation sites (N-methyl/N-ethyl adjacent to an activating group) is 1. The summed E-state index contributed by atoms with van der Waals surface area (Å²) in [6.07, 6.45) is -0.620. The van der Waals surface area contributed by atoms with Crippen LogP contribution < -0.4 is 0 Å². The van der Waals surface area contributed by atoms with Crippen molar-refractivity contribution in [1.82, 2.24) is 14.7 Å². The van der Waals surface area contributed by atoms with E-state index in [1.807, 2.05) is 25.1 Å². The van der Waals surface area contributed by atoms with Crippen molar-refractivity contribution < 1.29 is 10.2 Å². The van der Waals surface area contributed by atoms with Gasteiger partial charge in [-0.1, -0.05) is 30.3 Å². The summed E-state index contributed by atoms with van der Waals surface area (Å²) in [6, 6.07) is 10.8. The summed E-state index contributed by atoms with van der Waals surface area (Å²) in [5, 5.41) is 20.0. The van der Waals surface area contributed by atoms with Gasteiger partial charge in [-0.2, -0.15) is 0 Å². The lowest BCUT2D eigenvalue weighted by molar-refractivity contribution is 0.0175. The van der Waals surface area contributed by atoms with Crippen LogP contribution in [0.3, 0.4) is 0 Å². The van der Waals surface area contributed by atoms with Crippen molar-refractivity contribution in [2.45, 2.75) is 38.6 Å². The maximum atomic E-state index is 10.4. The Bertz CT molecular complexity index is 469. The quantitative estimate of drug-likeness (QED) is 0.738. The lowest BCUT2D eigenvalue weighted by atomic mass is 10.1. The highest BCUT2D eigenvalue weighted by Gasteiger charge is 2.25. The highest BCUT2D eigenvalue weighted by Crippen LogP contribution is 2.11. The maximum Gasteiger partial charge on any atom is 0.0793 e. The van der Waals surface area contributed by atoms with E-state index >= 15 is 0 Å². The number of rotatable bonds is 8. The molecule has 1 fully saturated rings. The molecule has 0 amide bonds. The van der Waals surface area contributed by atoms with Crippen LogP contribution >= 0.6 is 0 Å². The molecule has 3 atom stereocenters. The topological polar surface area (TPSA) is 50.2 Å². The molecule has 2 N–H and O–H groups in total. The minimum absolute atomic E-state index is 0.281. The number of hydrogen-bond acceptors (Lipinski definition) is 5. The molecule has 1 aliphatic heterocycles. The highest BCUT2D eigenvalue weighted by molar-refractivity contribution is 5.14. The smallest absolute Gasteiger partial charge is 0.0793 e. The molecular weight excluding hydrogens is 302 g/mol. The van der Waals surface area contributed by atoms with E-state index in [0.29, 0.717) is 19.1 Å². The number of piperazine rings is 1. The number of aliphatic hydroxyl groups is 2. The Morgan fingerprint density at radius 2 is 1.88 bits per heavy atom. The first kappa shape index (κ1) is 19.3. The van der Waals surface area contributed by atoms with Gasteiger partial charge >= 0.3 is 0 Å². The summed E-state index contributed by atoms with van der Waals surface area (Å²) < 4.78 is 0. The van der Waals surface area contributed by atoms with E-state index in [1.165, 1.54) is 5.56 Å². The van der Waals surface area contributed by atoms with Crippen LogP contribution in [0.15, 0.2) is 30.3 Å². The summed E-state index contributed by atoms with van der Waals surface area (Å²) in [7, 11) is 2.05. The average Bonchev–Trinajstić information content (AvgIpc) is 2.50. The fraction of sp³-hybridized carbons (Fsp3) is 0.684. The van der Waals surface area contributed by atoms with Crippen LogP contribution in [0.2, 0.25) is 0 Å². The fourth-order valence-corrected chi connectivity index (χ4v) is 3.52. The number of nitrogens with zero attached hydrogens (tertiary/aromatic N) is 3. The SMILES string of the molecule is C[C@H](O)CN1CCN(C[C@H](O)CN(C)Cc2ccccc2)C[C@@H]1C. The fourth-order valence-electron chi connectivity index (χ4n) is 3.52. The van der Waals surface area contributed by atoms with Gasteiger partial charge in [0, 0.05) is 51.9 Å². The first-order valence-corrected chi connectivity index (χ1v) is 8.99. The predicted molar refractivity (Wildman–Crippen MR) is 97.9 cm³/mol. The predicted octanol–water partition coefficient (Wildman–Crippen LogP) is 0.866. The van der Waals surface area contributed by atoms with Crippen LogP contribution in [0.25, 0.3) is 0 Å². The summed E-state index contributed by atoms with van der Waals surface area (Å²) in [5.41, 5.74) is 1.27. The van der Waals surface area contributed by atoms with Crippen LogP contribution in [-0.4, -0.2) is 89.5 Å². The van der Waals surface area contributed by atoms with Gasteiger partial charge in [-0.15, -0.1) is 0 Å². The van der Waals surface area contributed by atoms with E-state index in [9.17, 15) is 10.2 Å². The molecule has 0 bridgehead atoms. The Labute approximate surface area is 146 Å². The van der Waals surface area contributed by atoms with Crippen molar-refractivity contribution in [2.75, 3.05) is 46.3 Å². The Morgan fingerprint density at radius 1 is 1.17 bits per heavy atom. The molecule has 1 aromatic carbocycles. The van der Waals surface area contributed by atoms with Gasteiger partial charge in [0.1, 0.15) is 0 Å². The molecular formula is C19H33N3O2. The third-order valence-electron chi connectivity index (χ3n) is 4.63. The summed E-state index contributed by atoms with van der Waals surface area (Å²) >= 11 is 0. The van der Waals surface area contributed by atoms with E-state index in [0.717, 1.165) is 32.7 Å². The second-order valence-corrected chi connectivity index (χ2v) is 7.29. The molecule has 0 radical (unpaired) electrons.